The number of hydrogen-bond donors (Lipinski definition) is 1. The molecule has 23 heavy (non-hydrogen) atoms. The van der Waals surface area contributed by atoms with Crippen LogP contribution in [-0.4, -0.2) is 48.7 Å². The van der Waals surface area contributed by atoms with Gasteiger partial charge in [-0.2, -0.15) is 0 Å². The molecule has 0 spiro atoms. The van der Waals surface area contributed by atoms with E-state index in [0.717, 1.165) is 0 Å². The molecule has 0 atom stereocenters. The highest BCUT2D eigenvalue weighted by Gasteiger charge is 2.28. The van der Waals surface area contributed by atoms with E-state index in [0.29, 0.717) is 31.7 Å². The molecule has 1 fully saturated rings. The monoisotopic (exact) mass is 345 g/mol. The SMILES string of the molecule is O=C(O)CCCS(=O)(=O)N1CCC(Oc2cccc(F)c2)CC1. The van der Waals surface area contributed by atoms with E-state index in [1.165, 1.54) is 16.4 Å². The predicted molar refractivity (Wildman–Crippen MR) is 82.3 cm³/mol. The Balaban J connectivity index is 1.82. The summed E-state index contributed by atoms with van der Waals surface area (Å²) < 4.78 is 44.4. The van der Waals surface area contributed by atoms with Gasteiger partial charge in [-0.3, -0.25) is 4.79 Å². The molecule has 1 aromatic rings. The first-order valence-electron chi connectivity index (χ1n) is 7.48. The zero-order valence-corrected chi connectivity index (χ0v) is 13.5. The molecule has 1 aliphatic heterocycles. The molecule has 0 radical (unpaired) electrons. The van der Waals surface area contributed by atoms with Crippen molar-refractivity contribution in [1.29, 1.82) is 0 Å². The van der Waals surface area contributed by atoms with Crippen LogP contribution in [0, 0.1) is 5.82 Å². The summed E-state index contributed by atoms with van der Waals surface area (Å²) in [6, 6.07) is 5.86. The third-order valence-corrected chi connectivity index (χ3v) is 5.64. The van der Waals surface area contributed by atoms with Crippen LogP contribution in [0.15, 0.2) is 24.3 Å². The lowest BCUT2D eigenvalue weighted by Crippen LogP contribution is -2.42. The minimum atomic E-state index is -3.43. The van der Waals surface area contributed by atoms with Crippen molar-refractivity contribution in [3.8, 4) is 5.75 Å². The van der Waals surface area contributed by atoms with Gasteiger partial charge in [-0.15, -0.1) is 0 Å². The summed E-state index contributed by atoms with van der Waals surface area (Å²) in [4.78, 5) is 10.5. The first kappa shape index (κ1) is 17.7. The van der Waals surface area contributed by atoms with Gasteiger partial charge < -0.3 is 9.84 Å². The van der Waals surface area contributed by atoms with E-state index in [1.807, 2.05) is 0 Å². The highest BCUT2D eigenvalue weighted by Crippen LogP contribution is 2.21. The van der Waals surface area contributed by atoms with Crippen LogP contribution in [0.2, 0.25) is 0 Å². The van der Waals surface area contributed by atoms with Gasteiger partial charge in [0.1, 0.15) is 17.7 Å². The summed E-state index contributed by atoms with van der Waals surface area (Å²) in [6.07, 6.45) is 0.848. The smallest absolute Gasteiger partial charge is 0.303 e. The van der Waals surface area contributed by atoms with Crippen molar-refractivity contribution in [3.05, 3.63) is 30.1 Å². The maximum Gasteiger partial charge on any atom is 0.303 e. The van der Waals surface area contributed by atoms with Crippen molar-refractivity contribution in [1.82, 2.24) is 4.31 Å². The van der Waals surface area contributed by atoms with Crippen LogP contribution < -0.4 is 4.74 Å². The number of sulfonamides is 1. The van der Waals surface area contributed by atoms with Crippen LogP contribution in [0.1, 0.15) is 25.7 Å². The molecule has 1 aliphatic rings. The number of hydrogen-bond acceptors (Lipinski definition) is 4. The van der Waals surface area contributed by atoms with E-state index < -0.39 is 16.0 Å². The van der Waals surface area contributed by atoms with Crippen LogP contribution in [-0.2, 0) is 14.8 Å². The maximum atomic E-state index is 13.1. The molecule has 0 saturated carbocycles. The fraction of sp³-hybridized carbons (Fsp3) is 0.533. The number of ether oxygens (including phenoxy) is 1. The van der Waals surface area contributed by atoms with Crippen molar-refractivity contribution < 1.29 is 27.4 Å². The topological polar surface area (TPSA) is 83.9 Å². The number of carboxylic acids is 1. The van der Waals surface area contributed by atoms with Crippen molar-refractivity contribution in [2.75, 3.05) is 18.8 Å². The average Bonchev–Trinajstić information content (AvgIpc) is 2.47. The largest absolute Gasteiger partial charge is 0.490 e. The quantitative estimate of drug-likeness (QED) is 0.815. The molecule has 1 N–H and O–H groups in total. The maximum absolute atomic E-state index is 13.1. The number of piperidine rings is 1. The van der Waals surface area contributed by atoms with Crippen LogP contribution >= 0.6 is 0 Å². The van der Waals surface area contributed by atoms with Gasteiger partial charge in [-0.05, 0) is 31.4 Å². The van der Waals surface area contributed by atoms with E-state index in [1.54, 1.807) is 12.1 Å². The molecular formula is C15H20FNO5S. The molecule has 1 saturated heterocycles. The number of benzene rings is 1. The number of nitrogens with zero attached hydrogens (tertiary/aromatic N) is 1. The summed E-state index contributed by atoms with van der Waals surface area (Å²) in [5.74, 6) is -1.09. The van der Waals surface area contributed by atoms with Gasteiger partial charge in [0.2, 0.25) is 10.0 Å². The number of carbonyl (C=O) groups is 1. The molecule has 0 aromatic heterocycles. The molecule has 2 rings (SSSR count). The summed E-state index contributed by atoms with van der Waals surface area (Å²) in [6.45, 7) is 0.658. The van der Waals surface area contributed by atoms with Crippen molar-refractivity contribution in [3.63, 3.8) is 0 Å². The summed E-state index contributed by atoms with van der Waals surface area (Å²) in [7, 11) is -3.43. The molecule has 1 aromatic carbocycles. The normalized spacial score (nSPS) is 17.1. The van der Waals surface area contributed by atoms with Gasteiger partial charge >= 0.3 is 5.97 Å². The lowest BCUT2D eigenvalue weighted by atomic mass is 10.1. The summed E-state index contributed by atoms with van der Waals surface area (Å²) in [5.41, 5.74) is 0. The summed E-state index contributed by atoms with van der Waals surface area (Å²) >= 11 is 0. The predicted octanol–water partition coefficient (Wildman–Crippen LogP) is 1.86. The second kappa shape index (κ2) is 7.74. The number of carboxylic acid groups (broad SMARTS) is 1. The Morgan fingerprint density at radius 1 is 1.35 bits per heavy atom. The fourth-order valence-corrected chi connectivity index (χ4v) is 4.03. The van der Waals surface area contributed by atoms with Gasteiger partial charge in [0, 0.05) is 25.6 Å². The molecule has 1 heterocycles. The molecule has 6 nitrogen and oxygen atoms in total. The van der Waals surface area contributed by atoms with Gasteiger partial charge in [-0.1, -0.05) is 6.07 Å². The first-order chi connectivity index (χ1) is 10.9. The van der Waals surface area contributed by atoms with E-state index >= 15 is 0 Å². The Morgan fingerprint density at radius 2 is 2.04 bits per heavy atom. The Bertz CT molecular complexity index is 641. The van der Waals surface area contributed by atoms with Crippen molar-refractivity contribution in [2.24, 2.45) is 0 Å². The second-order valence-corrected chi connectivity index (χ2v) is 7.58. The van der Waals surface area contributed by atoms with E-state index in [-0.39, 0.29) is 30.5 Å². The lowest BCUT2D eigenvalue weighted by Gasteiger charge is -2.31. The van der Waals surface area contributed by atoms with Crippen molar-refractivity contribution >= 4 is 16.0 Å². The third-order valence-electron chi connectivity index (χ3n) is 3.69. The number of rotatable bonds is 7. The molecule has 0 unspecified atom stereocenters. The molecule has 0 bridgehead atoms. The van der Waals surface area contributed by atoms with Crippen LogP contribution in [0.25, 0.3) is 0 Å². The van der Waals surface area contributed by atoms with Crippen LogP contribution in [0.4, 0.5) is 4.39 Å². The average molecular weight is 345 g/mol. The van der Waals surface area contributed by atoms with E-state index in [4.69, 9.17) is 9.84 Å². The minimum Gasteiger partial charge on any atom is -0.490 e. The molecule has 128 valence electrons. The van der Waals surface area contributed by atoms with Gasteiger partial charge in [-0.25, -0.2) is 17.1 Å². The van der Waals surface area contributed by atoms with Crippen molar-refractivity contribution in [2.45, 2.75) is 31.8 Å². The first-order valence-corrected chi connectivity index (χ1v) is 9.09. The Hall–Kier alpha value is -1.67. The van der Waals surface area contributed by atoms with Crippen LogP contribution in [0.5, 0.6) is 5.75 Å². The zero-order chi connectivity index (χ0) is 16.9. The standard InChI is InChI=1S/C15H20FNO5S/c16-12-3-1-4-14(11-12)22-13-6-8-17(9-7-13)23(20,21)10-2-5-15(18)19/h1,3-4,11,13H,2,5-10H2,(H,18,19). The van der Waals surface area contributed by atoms with Gasteiger partial charge in [0.15, 0.2) is 0 Å². The van der Waals surface area contributed by atoms with Gasteiger partial charge in [0.05, 0.1) is 5.75 Å². The molecular weight excluding hydrogens is 325 g/mol. The molecule has 0 aliphatic carbocycles. The Kier molecular flexibility index (Phi) is 5.95. The zero-order valence-electron chi connectivity index (χ0n) is 12.7. The third kappa shape index (κ3) is 5.47. The van der Waals surface area contributed by atoms with E-state index in [2.05, 4.69) is 0 Å². The summed E-state index contributed by atoms with van der Waals surface area (Å²) in [5, 5.41) is 8.56. The highest BCUT2D eigenvalue weighted by molar-refractivity contribution is 7.89. The highest BCUT2D eigenvalue weighted by atomic mass is 32.2. The molecule has 8 heteroatoms. The number of aliphatic carboxylic acids is 1. The Labute approximate surface area is 134 Å². The van der Waals surface area contributed by atoms with E-state index in [9.17, 15) is 17.6 Å². The molecule has 0 amide bonds. The number of halogens is 1. The van der Waals surface area contributed by atoms with Crippen LogP contribution in [0.3, 0.4) is 0 Å². The second-order valence-electron chi connectivity index (χ2n) is 5.49. The fourth-order valence-electron chi connectivity index (χ4n) is 2.50. The minimum absolute atomic E-state index is 0.109. The Morgan fingerprint density at radius 3 is 2.65 bits per heavy atom. The van der Waals surface area contributed by atoms with Gasteiger partial charge in [0.25, 0.3) is 0 Å². The lowest BCUT2D eigenvalue weighted by molar-refractivity contribution is -0.137.